The summed E-state index contributed by atoms with van der Waals surface area (Å²) in [7, 11) is 1.47. The van der Waals surface area contributed by atoms with Gasteiger partial charge in [-0.1, -0.05) is 18.2 Å². The van der Waals surface area contributed by atoms with Crippen molar-refractivity contribution in [3.8, 4) is 0 Å². The summed E-state index contributed by atoms with van der Waals surface area (Å²) in [6.45, 7) is 4.22. The summed E-state index contributed by atoms with van der Waals surface area (Å²) in [5.41, 5.74) is 2.36. The highest BCUT2D eigenvalue weighted by atomic mass is 16.2. The average Bonchev–Trinajstić information content (AvgIpc) is 2.94. The van der Waals surface area contributed by atoms with Gasteiger partial charge in [0.25, 0.3) is 5.91 Å². The number of benzene rings is 1. The number of carbonyl (C=O) groups excluding carboxylic acids is 2. The number of likely N-dealkylation sites (N-methyl/N-ethyl adjacent to an activating group) is 1. The van der Waals surface area contributed by atoms with Gasteiger partial charge in [-0.2, -0.15) is 0 Å². The van der Waals surface area contributed by atoms with Crippen molar-refractivity contribution in [1.82, 2.24) is 14.8 Å². The zero-order valence-electron chi connectivity index (χ0n) is 12.3. The maximum Gasteiger partial charge on any atom is 0.328 e. The zero-order chi connectivity index (χ0) is 15.1. The minimum Gasteiger partial charge on any atom is -0.344 e. The van der Waals surface area contributed by atoms with Crippen LogP contribution in [-0.4, -0.2) is 28.5 Å². The van der Waals surface area contributed by atoms with Crippen molar-refractivity contribution in [1.29, 1.82) is 0 Å². The number of carbonyl (C=O) groups is 2. The summed E-state index contributed by atoms with van der Waals surface area (Å²) in [6, 6.07) is 7.96. The molecule has 3 amide bonds. The highest BCUT2D eigenvalue weighted by molar-refractivity contribution is 6.14. The Morgan fingerprint density at radius 2 is 1.90 bits per heavy atom. The summed E-state index contributed by atoms with van der Waals surface area (Å²) in [5, 5.41) is 3.66. The lowest BCUT2D eigenvalue weighted by atomic mass is 10.1. The van der Waals surface area contributed by atoms with Crippen LogP contribution in [0.3, 0.4) is 0 Å². The molecule has 3 rings (SSSR count). The summed E-state index contributed by atoms with van der Waals surface area (Å²) >= 11 is 0. The molecule has 5 nitrogen and oxygen atoms in total. The van der Waals surface area contributed by atoms with Crippen LogP contribution in [0, 0.1) is 0 Å². The van der Waals surface area contributed by atoms with Crippen LogP contribution in [0.1, 0.15) is 25.5 Å². The van der Waals surface area contributed by atoms with Gasteiger partial charge >= 0.3 is 6.03 Å². The second-order valence-corrected chi connectivity index (χ2v) is 5.45. The number of aromatic nitrogens is 1. The Kier molecular flexibility index (Phi) is 3.05. The molecular formula is C16H17N3O2. The van der Waals surface area contributed by atoms with E-state index in [0.29, 0.717) is 11.7 Å². The Hall–Kier alpha value is -2.56. The molecule has 0 unspecified atom stereocenters. The van der Waals surface area contributed by atoms with Gasteiger partial charge < -0.3 is 9.88 Å². The van der Waals surface area contributed by atoms with E-state index in [-0.39, 0.29) is 11.9 Å². The minimum atomic E-state index is -0.390. The van der Waals surface area contributed by atoms with Gasteiger partial charge in [0.05, 0.1) is 0 Å². The second-order valence-electron chi connectivity index (χ2n) is 5.45. The smallest absolute Gasteiger partial charge is 0.328 e. The van der Waals surface area contributed by atoms with Gasteiger partial charge in [-0.25, -0.2) is 4.79 Å². The van der Waals surface area contributed by atoms with E-state index in [2.05, 4.69) is 29.8 Å². The molecule has 0 atom stereocenters. The van der Waals surface area contributed by atoms with Crippen molar-refractivity contribution in [3.63, 3.8) is 0 Å². The van der Waals surface area contributed by atoms with E-state index in [9.17, 15) is 9.59 Å². The Morgan fingerprint density at radius 3 is 2.52 bits per heavy atom. The fourth-order valence-electron chi connectivity index (χ4n) is 2.55. The third-order valence-corrected chi connectivity index (χ3v) is 3.71. The van der Waals surface area contributed by atoms with Gasteiger partial charge in [0.2, 0.25) is 0 Å². The van der Waals surface area contributed by atoms with E-state index in [4.69, 9.17) is 0 Å². The normalized spacial score (nSPS) is 17.3. The Bertz CT molecular complexity index is 771. The second kappa shape index (κ2) is 4.77. The highest BCUT2D eigenvalue weighted by Gasteiger charge is 2.30. The van der Waals surface area contributed by atoms with Crippen molar-refractivity contribution in [2.45, 2.75) is 19.9 Å². The van der Waals surface area contributed by atoms with Crippen LogP contribution in [0.15, 0.2) is 36.2 Å². The summed E-state index contributed by atoms with van der Waals surface area (Å²) in [5.74, 6) is -0.304. The van der Waals surface area contributed by atoms with Crippen molar-refractivity contribution in [3.05, 3.63) is 41.7 Å². The SMILES string of the molecule is CC(C)n1cc(/C=C2/NC(=O)N(C)C2=O)c2ccccc21. The number of nitrogens with one attached hydrogen (secondary N) is 1. The molecule has 0 saturated carbocycles. The van der Waals surface area contributed by atoms with Crippen LogP contribution in [0.2, 0.25) is 0 Å². The summed E-state index contributed by atoms with van der Waals surface area (Å²) in [6.07, 6.45) is 3.75. The maximum atomic E-state index is 12.0. The van der Waals surface area contributed by atoms with Crippen molar-refractivity contribution in [2.24, 2.45) is 0 Å². The molecule has 108 valence electrons. The van der Waals surface area contributed by atoms with Gasteiger partial charge in [-0.05, 0) is 26.0 Å². The standard InChI is InChI=1S/C16H17N3O2/c1-10(2)19-9-11(12-6-4-5-7-14(12)19)8-13-15(20)18(3)16(21)17-13/h4-10H,1-3H3,(H,17,21)/b13-8+. The van der Waals surface area contributed by atoms with Crippen LogP contribution in [0.5, 0.6) is 0 Å². The molecule has 2 heterocycles. The van der Waals surface area contributed by atoms with Gasteiger partial charge in [0.1, 0.15) is 5.70 Å². The van der Waals surface area contributed by atoms with Gasteiger partial charge in [-0.3, -0.25) is 9.69 Å². The molecule has 0 aliphatic carbocycles. The number of hydrogen-bond acceptors (Lipinski definition) is 2. The fraction of sp³-hybridized carbons (Fsp3) is 0.250. The molecule has 1 aromatic carbocycles. The molecule has 0 radical (unpaired) electrons. The largest absolute Gasteiger partial charge is 0.344 e. The van der Waals surface area contributed by atoms with E-state index in [1.165, 1.54) is 7.05 Å². The number of hydrogen-bond donors (Lipinski definition) is 1. The Morgan fingerprint density at radius 1 is 1.19 bits per heavy atom. The number of nitrogens with zero attached hydrogens (tertiary/aromatic N) is 2. The third kappa shape index (κ3) is 2.11. The molecular weight excluding hydrogens is 266 g/mol. The number of para-hydroxylation sites is 1. The molecule has 2 aromatic rings. The fourth-order valence-corrected chi connectivity index (χ4v) is 2.55. The first-order valence-electron chi connectivity index (χ1n) is 6.89. The highest BCUT2D eigenvalue weighted by Crippen LogP contribution is 2.26. The number of urea groups is 1. The van der Waals surface area contributed by atoms with Gasteiger partial charge in [0, 0.05) is 35.8 Å². The van der Waals surface area contributed by atoms with Crippen LogP contribution in [-0.2, 0) is 4.79 Å². The lowest BCUT2D eigenvalue weighted by molar-refractivity contribution is -0.121. The predicted molar refractivity (Wildman–Crippen MR) is 81.6 cm³/mol. The number of rotatable bonds is 2. The van der Waals surface area contributed by atoms with Crippen LogP contribution in [0.4, 0.5) is 4.79 Å². The molecule has 21 heavy (non-hydrogen) atoms. The molecule has 1 aliphatic heterocycles. The minimum absolute atomic E-state index is 0.304. The molecule has 0 spiro atoms. The first-order valence-corrected chi connectivity index (χ1v) is 6.89. The topological polar surface area (TPSA) is 54.3 Å². The monoisotopic (exact) mass is 283 g/mol. The predicted octanol–water partition coefficient (Wildman–Crippen LogP) is 2.74. The lowest BCUT2D eigenvalue weighted by Gasteiger charge is -2.08. The third-order valence-electron chi connectivity index (χ3n) is 3.71. The molecule has 5 heteroatoms. The molecule has 1 fully saturated rings. The van der Waals surface area contributed by atoms with Crippen LogP contribution in [0.25, 0.3) is 17.0 Å². The van der Waals surface area contributed by atoms with Crippen molar-refractivity contribution >= 4 is 28.9 Å². The first-order chi connectivity index (χ1) is 9.99. The maximum absolute atomic E-state index is 12.0. The first kappa shape index (κ1) is 13.4. The zero-order valence-corrected chi connectivity index (χ0v) is 12.3. The van der Waals surface area contributed by atoms with Crippen molar-refractivity contribution in [2.75, 3.05) is 7.05 Å². The average molecular weight is 283 g/mol. The lowest BCUT2D eigenvalue weighted by Crippen LogP contribution is -2.25. The van der Waals surface area contributed by atoms with Crippen molar-refractivity contribution < 1.29 is 9.59 Å². The Balaban J connectivity index is 2.14. The van der Waals surface area contributed by atoms with Gasteiger partial charge in [0.15, 0.2) is 0 Å². The molecule has 1 aromatic heterocycles. The van der Waals surface area contributed by atoms with E-state index >= 15 is 0 Å². The van der Waals surface area contributed by atoms with Crippen LogP contribution < -0.4 is 5.32 Å². The molecule has 1 N–H and O–H groups in total. The number of amides is 3. The molecule has 1 saturated heterocycles. The van der Waals surface area contributed by atoms with E-state index in [0.717, 1.165) is 21.4 Å². The quantitative estimate of drug-likeness (QED) is 0.680. The summed E-state index contributed by atoms with van der Waals surface area (Å²) < 4.78 is 2.16. The van der Waals surface area contributed by atoms with E-state index in [1.54, 1.807) is 6.08 Å². The van der Waals surface area contributed by atoms with Gasteiger partial charge in [-0.15, -0.1) is 0 Å². The Labute approximate surface area is 122 Å². The number of fused-ring (bicyclic) bond motifs is 1. The molecule has 0 bridgehead atoms. The van der Waals surface area contributed by atoms with Crippen LogP contribution >= 0.6 is 0 Å². The number of imide groups is 1. The van der Waals surface area contributed by atoms with E-state index in [1.807, 2.05) is 24.4 Å². The summed E-state index contributed by atoms with van der Waals surface area (Å²) in [4.78, 5) is 24.6. The molecule has 1 aliphatic rings. The van der Waals surface area contributed by atoms with E-state index < -0.39 is 0 Å².